The lowest BCUT2D eigenvalue weighted by atomic mass is 10.00. The van der Waals surface area contributed by atoms with Crippen molar-refractivity contribution in [3.8, 4) is 0 Å². The molecule has 2 nitrogen and oxygen atoms in total. The Kier molecular flexibility index (Phi) is 2.37. The van der Waals surface area contributed by atoms with Crippen molar-refractivity contribution < 1.29 is 4.74 Å². The fraction of sp³-hybridized carbons (Fsp3) is 1.00. The van der Waals surface area contributed by atoms with Gasteiger partial charge < -0.3 is 10.1 Å². The Morgan fingerprint density at radius 3 is 2.08 bits per heavy atom. The minimum absolute atomic E-state index is 0.449. The van der Waals surface area contributed by atoms with Crippen LogP contribution in [0.3, 0.4) is 0 Å². The topological polar surface area (TPSA) is 21.3 Å². The molecule has 0 amide bonds. The van der Waals surface area contributed by atoms with Crippen LogP contribution < -0.4 is 5.32 Å². The highest BCUT2D eigenvalue weighted by molar-refractivity contribution is 4.88. The SMILES string of the molecule is C[C@H]1CC(NC2CC2)C[C@H](C)O1. The maximum Gasteiger partial charge on any atom is 0.0565 e. The van der Waals surface area contributed by atoms with Gasteiger partial charge in [0.05, 0.1) is 12.2 Å². The molecule has 0 spiro atoms. The molecular formula is C10H19NO. The highest BCUT2D eigenvalue weighted by Gasteiger charge is 2.29. The average molecular weight is 169 g/mol. The van der Waals surface area contributed by atoms with Gasteiger partial charge in [-0.05, 0) is 39.5 Å². The van der Waals surface area contributed by atoms with Crippen LogP contribution in [0.4, 0.5) is 0 Å². The monoisotopic (exact) mass is 169 g/mol. The largest absolute Gasteiger partial charge is 0.375 e. The van der Waals surface area contributed by atoms with Crippen LogP contribution in [0.2, 0.25) is 0 Å². The zero-order valence-electron chi connectivity index (χ0n) is 8.05. The van der Waals surface area contributed by atoms with Crippen molar-refractivity contribution in [1.29, 1.82) is 0 Å². The Balaban J connectivity index is 1.79. The first kappa shape index (κ1) is 8.52. The molecular weight excluding hydrogens is 150 g/mol. The van der Waals surface area contributed by atoms with Crippen molar-refractivity contribution in [3.63, 3.8) is 0 Å². The normalized spacial score (nSPS) is 43.0. The maximum absolute atomic E-state index is 5.68. The van der Waals surface area contributed by atoms with Gasteiger partial charge in [0.25, 0.3) is 0 Å². The predicted octanol–water partition coefficient (Wildman–Crippen LogP) is 1.69. The number of hydrogen-bond acceptors (Lipinski definition) is 2. The van der Waals surface area contributed by atoms with E-state index in [2.05, 4.69) is 19.2 Å². The van der Waals surface area contributed by atoms with Gasteiger partial charge in [0.2, 0.25) is 0 Å². The summed E-state index contributed by atoms with van der Waals surface area (Å²) in [5.41, 5.74) is 0. The van der Waals surface area contributed by atoms with Crippen LogP contribution in [0.15, 0.2) is 0 Å². The Hall–Kier alpha value is -0.0800. The molecule has 0 radical (unpaired) electrons. The van der Waals surface area contributed by atoms with Crippen molar-refractivity contribution in [2.45, 2.75) is 63.8 Å². The molecule has 2 aliphatic rings. The average Bonchev–Trinajstić information content (AvgIpc) is 2.68. The van der Waals surface area contributed by atoms with E-state index in [0.717, 1.165) is 12.1 Å². The molecule has 1 saturated heterocycles. The summed E-state index contributed by atoms with van der Waals surface area (Å²) < 4.78 is 5.68. The first-order valence-electron chi connectivity index (χ1n) is 5.15. The summed E-state index contributed by atoms with van der Waals surface area (Å²) in [6, 6.07) is 1.56. The van der Waals surface area contributed by atoms with E-state index in [-0.39, 0.29) is 0 Å². The Labute approximate surface area is 74.7 Å². The Morgan fingerprint density at radius 2 is 1.58 bits per heavy atom. The molecule has 70 valence electrons. The lowest BCUT2D eigenvalue weighted by Gasteiger charge is -2.32. The van der Waals surface area contributed by atoms with Gasteiger partial charge in [-0.25, -0.2) is 0 Å². The van der Waals surface area contributed by atoms with E-state index in [4.69, 9.17) is 4.74 Å². The number of rotatable bonds is 2. The third kappa shape index (κ3) is 2.20. The van der Waals surface area contributed by atoms with E-state index in [1.165, 1.54) is 25.7 Å². The molecule has 0 aromatic carbocycles. The molecule has 0 unspecified atom stereocenters. The standard InChI is InChI=1S/C10H19NO/c1-7-5-10(6-8(2)12-7)11-9-3-4-9/h7-11H,3-6H2,1-2H3/t7-,8-/m0/s1. The minimum Gasteiger partial charge on any atom is -0.375 e. The zero-order chi connectivity index (χ0) is 8.55. The van der Waals surface area contributed by atoms with Gasteiger partial charge in [-0.15, -0.1) is 0 Å². The van der Waals surface area contributed by atoms with Crippen LogP contribution in [0.1, 0.15) is 39.5 Å². The highest BCUT2D eigenvalue weighted by atomic mass is 16.5. The second kappa shape index (κ2) is 3.35. The molecule has 0 bridgehead atoms. The van der Waals surface area contributed by atoms with E-state index in [1.54, 1.807) is 0 Å². The number of hydrogen-bond donors (Lipinski definition) is 1. The van der Waals surface area contributed by atoms with E-state index in [9.17, 15) is 0 Å². The van der Waals surface area contributed by atoms with Crippen LogP contribution >= 0.6 is 0 Å². The van der Waals surface area contributed by atoms with Gasteiger partial charge in [0, 0.05) is 12.1 Å². The van der Waals surface area contributed by atoms with Crippen molar-refractivity contribution in [2.75, 3.05) is 0 Å². The molecule has 1 N–H and O–H groups in total. The summed E-state index contributed by atoms with van der Waals surface area (Å²) in [4.78, 5) is 0. The summed E-state index contributed by atoms with van der Waals surface area (Å²) >= 11 is 0. The Bertz CT molecular complexity index is 143. The third-order valence-corrected chi connectivity index (χ3v) is 2.75. The summed E-state index contributed by atoms with van der Waals surface area (Å²) in [7, 11) is 0. The van der Waals surface area contributed by atoms with Crippen LogP contribution in [-0.4, -0.2) is 24.3 Å². The number of nitrogens with one attached hydrogen (secondary N) is 1. The minimum atomic E-state index is 0.449. The van der Waals surface area contributed by atoms with E-state index in [1.807, 2.05) is 0 Å². The molecule has 1 aliphatic heterocycles. The lowest BCUT2D eigenvalue weighted by Crippen LogP contribution is -2.42. The molecule has 1 saturated carbocycles. The van der Waals surface area contributed by atoms with Crippen molar-refractivity contribution in [1.82, 2.24) is 5.32 Å². The second-order valence-corrected chi connectivity index (χ2v) is 4.37. The summed E-state index contributed by atoms with van der Waals surface area (Å²) in [5.74, 6) is 0. The van der Waals surface area contributed by atoms with Crippen LogP contribution in [0.5, 0.6) is 0 Å². The maximum atomic E-state index is 5.68. The quantitative estimate of drug-likeness (QED) is 0.679. The van der Waals surface area contributed by atoms with Crippen molar-refractivity contribution in [2.24, 2.45) is 0 Å². The van der Waals surface area contributed by atoms with Crippen LogP contribution in [0.25, 0.3) is 0 Å². The Morgan fingerprint density at radius 1 is 1.00 bits per heavy atom. The number of ether oxygens (including phenoxy) is 1. The molecule has 1 aliphatic carbocycles. The van der Waals surface area contributed by atoms with E-state index in [0.29, 0.717) is 12.2 Å². The molecule has 0 aromatic rings. The van der Waals surface area contributed by atoms with E-state index >= 15 is 0 Å². The van der Waals surface area contributed by atoms with Crippen molar-refractivity contribution in [3.05, 3.63) is 0 Å². The molecule has 0 aromatic heterocycles. The lowest BCUT2D eigenvalue weighted by molar-refractivity contribution is -0.0422. The third-order valence-electron chi connectivity index (χ3n) is 2.75. The fourth-order valence-electron chi connectivity index (χ4n) is 2.12. The van der Waals surface area contributed by atoms with Crippen molar-refractivity contribution >= 4 is 0 Å². The molecule has 1 heterocycles. The second-order valence-electron chi connectivity index (χ2n) is 4.37. The van der Waals surface area contributed by atoms with Gasteiger partial charge in [0.15, 0.2) is 0 Å². The van der Waals surface area contributed by atoms with Crippen LogP contribution in [-0.2, 0) is 4.74 Å². The summed E-state index contributed by atoms with van der Waals surface area (Å²) in [6.07, 6.45) is 6.07. The molecule has 2 rings (SSSR count). The van der Waals surface area contributed by atoms with Gasteiger partial charge in [-0.2, -0.15) is 0 Å². The van der Waals surface area contributed by atoms with Gasteiger partial charge in [-0.3, -0.25) is 0 Å². The summed E-state index contributed by atoms with van der Waals surface area (Å²) in [6.45, 7) is 4.36. The predicted molar refractivity (Wildman–Crippen MR) is 49.2 cm³/mol. The fourth-order valence-corrected chi connectivity index (χ4v) is 2.12. The van der Waals surface area contributed by atoms with E-state index < -0.39 is 0 Å². The molecule has 2 fully saturated rings. The zero-order valence-corrected chi connectivity index (χ0v) is 8.05. The van der Waals surface area contributed by atoms with Gasteiger partial charge in [-0.1, -0.05) is 0 Å². The molecule has 2 atom stereocenters. The van der Waals surface area contributed by atoms with Crippen LogP contribution in [0, 0.1) is 0 Å². The molecule has 2 heteroatoms. The first-order chi connectivity index (χ1) is 5.74. The smallest absolute Gasteiger partial charge is 0.0565 e. The first-order valence-corrected chi connectivity index (χ1v) is 5.15. The van der Waals surface area contributed by atoms with Gasteiger partial charge in [0.1, 0.15) is 0 Å². The summed E-state index contributed by atoms with van der Waals surface area (Å²) in [5, 5.41) is 3.67. The molecule has 12 heavy (non-hydrogen) atoms. The highest BCUT2D eigenvalue weighted by Crippen LogP contribution is 2.25. The van der Waals surface area contributed by atoms with Gasteiger partial charge >= 0.3 is 0 Å².